The molecule has 0 N–H and O–H groups in total. The maximum Gasteiger partial charge on any atom is 0.217 e. The summed E-state index contributed by atoms with van der Waals surface area (Å²) in [6.07, 6.45) is 7.52. The topological polar surface area (TPSA) is 61.0 Å². The van der Waals surface area contributed by atoms with Crippen LogP contribution < -0.4 is 4.74 Å². The SMILES string of the molecule is COc1ncccc1CN1CCn2c(Cn3cccn3)cnc2C1C. The van der Waals surface area contributed by atoms with E-state index in [-0.39, 0.29) is 6.04 Å². The van der Waals surface area contributed by atoms with Crippen molar-refractivity contribution in [1.29, 1.82) is 0 Å². The van der Waals surface area contributed by atoms with Gasteiger partial charge < -0.3 is 9.30 Å². The van der Waals surface area contributed by atoms with Crippen molar-refractivity contribution in [3.8, 4) is 5.88 Å². The molecule has 4 heterocycles. The van der Waals surface area contributed by atoms with Gasteiger partial charge in [-0.3, -0.25) is 9.58 Å². The molecule has 25 heavy (non-hydrogen) atoms. The van der Waals surface area contributed by atoms with Gasteiger partial charge in [-0.15, -0.1) is 0 Å². The summed E-state index contributed by atoms with van der Waals surface area (Å²) in [5.74, 6) is 1.80. The molecule has 0 aliphatic carbocycles. The van der Waals surface area contributed by atoms with E-state index in [9.17, 15) is 0 Å². The van der Waals surface area contributed by atoms with Gasteiger partial charge in [0.25, 0.3) is 0 Å². The fraction of sp³-hybridized carbons (Fsp3) is 0.389. The molecule has 1 atom stereocenters. The fourth-order valence-electron chi connectivity index (χ4n) is 3.45. The molecular formula is C18H22N6O. The highest BCUT2D eigenvalue weighted by Crippen LogP contribution is 2.28. The lowest BCUT2D eigenvalue weighted by atomic mass is 10.1. The van der Waals surface area contributed by atoms with Crippen LogP contribution in [-0.4, -0.2) is 42.9 Å². The average Bonchev–Trinajstić information content (AvgIpc) is 3.29. The Morgan fingerprint density at radius 2 is 2.08 bits per heavy atom. The Morgan fingerprint density at radius 1 is 1.16 bits per heavy atom. The van der Waals surface area contributed by atoms with Crippen molar-refractivity contribution < 1.29 is 4.74 Å². The van der Waals surface area contributed by atoms with Crippen LogP contribution in [0.5, 0.6) is 5.88 Å². The van der Waals surface area contributed by atoms with Crippen LogP contribution in [-0.2, 0) is 19.6 Å². The van der Waals surface area contributed by atoms with Gasteiger partial charge >= 0.3 is 0 Å². The van der Waals surface area contributed by atoms with Gasteiger partial charge in [0, 0.05) is 43.8 Å². The van der Waals surface area contributed by atoms with E-state index >= 15 is 0 Å². The summed E-state index contributed by atoms with van der Waals surface area (Å²) < 4.78 is 9.64. The smallest absolute Gasteiger partial charge is 0.217 e. The van der Waals surface area contributed by atoms with E-state index in [2.05, 4.69) is 37.5 Å². The summed E-state index contributed by atoms with van der Waals surface area (Å²) in [4.78, 5) is 11.4. The summed E-state index contributed by atoms with van der Waals surface area (Å²) in [6, 6.07) is 6.21. The number of imidazole rings is 1. The summed E-state index contributed by atoms with van der Waals surface area (Å²) in [6.45, 7) is 5.66. The number of hydrogen-bond donors (Lipinski definition) is 0. The molecule has 1 aliphatic rings. The minimum Gasteiger partial charge on any atom is -0.481 e. The molecule has 7 heteroatoms. The normalized spacial score (nSPS) is 17.4. The monoisotopic (exact) mass is 338 g/mol. The number of hydrogen-bond acceptors (Lipinski definition) is 5. The highest BCUT2D eigenvalue weighted by Gasteiger charge is 2.27. The van der Waals surface area contributed by atoms with Crippen LogP contribution in [0.25, 0.3) is 0 Å². The molecule has 0 bridgehead atoms. The molecule has 0 radical (unpaired) electrons. The van der Waals surface area contributed by atoms with Gasteiger partial charge in [0.1, 0.15) is 5.82 Å². The molecular weight excluding hydrogens is 316 g/mol. The first-order chi connectivity index (χ1) is 12.3. The second-order valence-electron chi connectivity index (χ2n) is 6.28. The number of ether oxygens (including phenoxy) is 1. The van der Waals surface area contributed by atoms with Gasteiger partial charge in [-0.2, -0.15) is 5.10 Å². The molecule has 0 saturated carbocycles. The van der Waals surface area contributed by atoms with Crippen molar-refractivity contribution in [2.75, 3.05) is 13.7 Å². The number of methoxy groups -OCH3 is 1. The second-order valence-corrected chi connectivity index (χ2v) is 6.28. The standard InChI is InChI=1S/C18H22N6O/c1-14-17-20-11-16(13-23-8-4-7-21-23)24(17)10-9-22(14)12-15-5-3-6-19-18(15)25-2/h3-8,11,14H,9-10,12-13H2,1-2H3. The van der Waals surface area contributed by atoms with E-state index in [0.29, 0.717) is 5.88 Å². The number of rotatable bonds is 5. The van der Waals surface area contributed by atoms with Crippen molar-refractivity contribution in [2.45, 2.75) is 32.6 Å². The van der Waals surface area contributed by atoms with E-state index in [1.165, 1.54) is 5.69 Å². The molecule has 0 fully saturated rings. The predicted molar refractivity (Wildman–Crippen MR) is 93.2 cm³/mol. The van der Waals surface area contributed by atoms with Crippen LogP contribution in [0.3, 0.4) is 0 Å². The first kappa shape index (κ1) is 15.8. The van der Waals surface area contributed by atoms with E-state index in [1.54, 1.807) is 19.5 Å². The van der Waals surface area contributed by atoms with Crippen molar-refractivity contribution in [3.05, 3.63) is 60.1 Å². The Morgan fingerprint density at radius 3 is 2.88 bits per heavy atom. The summed E-state index contributed by atoms with van der Waals surface area (Å²) in [7, 11) is 1.67. The lowest BCUT2D eigenvalue weighted by Gasteiger charge is -2.34. The van der Waals surface area contributed by atoms with Crippen LogP contribution in [0.1, 0.15) is 30.0 Å². The minimum atomic E-state index is 0.241. The third-order valence-corrected chi connectivity index (χ3v) is 4.80. The van der Waals surface area contributed by atoms with Gasteiger partial charge in [0.2, 0.25) is 5.88 Å². The Balaban J connectivity index is 1.53. The first-order valence-corrected chi connectivity index (χ1v) is 8.50. The maximum absolute atomic E-state index is 5.39. The van der Waals surface area contributed by atoms with Gasteiger partial charge in [-0.1, -0.05) is 6.07 Å². The summed E-state index contributed by atoms with van der Waals surface area (Å²) in [5.41, 5.74) is 2.30. The van der Waals surface area contributed by atoms with Crippen molar-refractivity contribution in [3.63, 3.8) is 0 Å². The maximum atomic E-state index is 5.39. The Hall–Kier alpha value is -2.67. The lowest BCUT2D eigenvalue weighted by molar-refractivity contribution is 0.153. The summed E-state index contributed by atoms with van der Waals surface area (Å²) >= 11 is 0. The molecule has 0 amide bonds. The largest absolute Gasteiger partial charge is 0.481 e. The molecule has 0 saturated heterocycles. The predicted octanol–water partition coefficient (Wildman–Crippen LogP) is 2.11. The molecule has 0 spiro atoms. The molecule has 3 aromatic heterocycles. The molecule has 130 valence electrons. The molecule has 1 unspecified atom stereocenters. The van der Waals surface area contributed by atoms with E-state index < -0.39 is 0 Å². The fourth-order valence-corrected chi connectivity index (χ4v) is 3.45. The highest BCUT2D eigenvalue weighted by atomic mass is 16.5. The van der Waals surface area contributed by atoms with E-state index in [0.717, 1.165) is 37.6 Å². The van der Waals surface area contributed by atoms with Crippen molar-refractivity contribution >= 4 is 0 Å². The van der Waals surface area contributed by atoms with Crippen LogP contribution in [0.2, 0.25) is 0 Å². The Bertz CT molecular complexity index is 841. The summed E-state index contributed by atoms with van der Waals surface area (Å²) in [5, 5.41) is 4.29. The van der Waals surface area contributed by atoms with Crippen LogP contribution in [0, 0.1) is 0 Å². The Kier molecular flexibility index (Phi) is 4.23. The number of aromatic nitrogens is 5. The van der Waals surface area contributed by atoms with Crippen LogP contribution in [0.4, 0.5) is 0 Å². The molecule has 3 aromatic rings. The number of fused-ring (bicyclic) bond motifs is 1. The van der Waals surface area contributed by atoms with Gasteiger partial charge in [0.05, 0.1) is 31.6 Å². The average molecular weight is 338 g/mol. The van der Waals surface area contributed by atoms with E-state index in [1.807, 2.05) is 29.2 Å². The Labute approximate surface area is 146 Å². The quantitative estimate of drug-likeness (QED) is 0.713. The molecule has 0 aromatic carbocycles. The van der Waals surface area contributed by atoms with Crippen molar-refractivity contribution in [2.24, 2.45) is 0 Å². The molecule has 1 aliphatic heterocycles. The zero-order valence-corrected chi connectivity index (χ0v) is 14.5. The molecule has 7 nitrogen and oxygen atoms in total. The van der Waals surface area contributed by atoms with Crippen LogP contribution >= 0.6 is 0 Å². The van der Waals surface area contributed by atoms with Crippen molar-refractivity contribution in [1.82, 2.24) is 29.2 Å². The highest BCUT2D eigenvalue weighted by molar-refractivity contribution is 5.25. The van der Waals surface area contributed by atoms with Gasteiger partial charge in [0.15, 0.2) is 0 Å². The second kappa shape index (κ2) is 6.68. The first-order valence-electron chi connectivity index (χ1n) is 8.50. The van der Waals surface area contributed by atoms with Gasteiger partial charge in [-0.05, 0) is 19.1 Å². The minimum absolute atomic E-state index is 0.241. The number of nitrogens with zero attached hydrogens (tertiary/aromatic N) is 6. The lowest BCUT2D eigenvalue weighted by Crippen LogP contribution is -2.37. The van der Waals surface area contributed by atoms with Crippen LogP contribution in [0.15, 0.2) is 43.0 Å². The van der Waals surface area contributed by atoms with E-state index in [4.69, 9.17) is 4.74 Å². The third kappa shape index (κ3) is 3.02. The zero-order valence-electron chi connectivity index (χ0n) is 14.5. The number of pyridine rings is 1. The molecule has 4 rings (SSSR count). The zero-order chi connectivity index (χ0) is 17.2. The third-order valence-electron chi connectivity index (χ3n) is 4.80. The van der Waals surface area contributed by atoms with Gasteiger partial charge in [-0.25, -0.2) is 9.97 Å².